The van der Waals surface area contributed by atoms with Crippen LogP contribution in [-0.2, 0) is 17.7 Å². The summed E-state index contributed by atoms with van der Waals surface area (Å²) in [4.78, 5) is 28.5. The van der Waals surface area contributed by atoms with Crippen molar-refractivity contribution < 1.29 is 14.3 Å². The summed E-state index contributed by atoms with van der Waals surface area (Å²) in [6.07, 6.45) is 4.12. The fraction of sp³-hybridized carbons (Fsp3) is 0.417. The van der Waals surface area contributed by atoms with Gasteiger partial charge in [-0.2, -0.15) is 5.10 Å². The Morgan fingerprint density at radius 2 is 2.09 bits per heavy atom. The number of hydrogen-bond donors (Lipinski definition) is 2. The summed E-state index contributed by atoms with van der Waals surface area (Å²) < 4.78 is 11.2. The van der Waals surface area contributed by atoms with Crippen LogP contribution in [0.3, 0.4) is 0 Å². The van der Waals surface area contributed by atoms with Crippen molar-refractivity contribution in [2.75, 3.05) is 32.2 Å². The van der Waals surface area contributed by atoms with Gasteiger partial charge in [-0.1, -0.05) is 0 Å². The number of anilines is 2. The molecule has 2 atom stereocenters. The van der Waals surface area contributed by atoms with Crippen LogP contribution in [0.15, 0.2) is 24.7 Å². The predicted molar refractivity (Wildman–Crippen MR) is 134 cm³/mol. The Balaban J connectivity index is 1.32. The molecule has 182 valence electrons. The summed E-state index contributed by atoms with van der Waals surface area (Å²) in [5.74, 6) is 1.44. The van der Waals surface area contributed by atoms with E-state index in [4.69, 9.17) is 9.47 Å². The number of methoxy groups -OCH3 is 1. The second-order valence-corrected chi connectivity index (χ2v) is 10.2. The molecule has 4 aromatic rings. The number of ether oxygens (including phenoxy) is 2. The fourth-order valence-electron chi connectivity index (χ4n) is 5.10. The number of fused-ring (bicyclic) bond motifs is 4. The molecule has 2 N–H and O–H groups in total. The van der Waals surface area contributed by atoms with E-state index in [9.17, 15) is 4.79 Å². The molecule has 0 spiro atoms. The highest BCUT2D eigenvalue weighted by atomic mass is 32.1. The first kappa shape index (κ1) is 22.1. The van der Waals surface area contributed by atoms with Crippen LogP contribution in [0.1, 0.15) is 24.3 Å². The van der Waals surface area contributed by atoms with Gasteiger partial charge in [-0.05, 0) is 31.9 Å². The minimum atomic E-state index is 0.0688. The standard InChI is InChI=1S/C24H27N7O3S/c1-13-10-34-11-14(2)31(13)24(32)30-5-4-16-20(9-30)35-23-21(16)22(25-12-26-23)28-18-6-15-8-27-29-17(15)7-19(18)33-3/h6-8,12-14H,4-5,9-11H2,1-3H3,(H,27,29)(H,25,26,28)/t13-,14-/m1/s1. The Kier molecular flexibility index (Phi) is 5.45. The minimum absolute atomic E-state index is 0.0688. The molecule has 1 saturated heterocycles. The normalized spacial score (nSPS) is 20.3. The lowest BCUT2D eigenvalue weighted by atomic mass is 10.0. The molecule has 0 aliphatic carbocycles. The van der Waals surface area contributed by atoms with Gasteiger partial charge >= 0.3 is 6.03 Å². The SMILES string of the molecule is COc1cc2[nH]ncc2cc1Nc1ncnc2sc3c(c12)CCN(C(=O)N1[C@H](C)COC[C@H]1C)C3. The Morgan fingerprint density at radius 3 is 2.89 bits per heavy atom. The van der Waals surface area contributed by atoms with Gasteiger partial charge in [-0.3, -0.25) is 5.10 Å². The summed E-state index contributed by atoms with van der Waals surface area (Å²) in [5.41, 5.74) is 2.93. The van der Waals surface area contributed by atoms with Crippen LogP contribution in [0.2, 0.25) is 0 Å². The third-order valence-corrected chi connectivity index (χ3v) is 7.93. The molecule has 0 bridgehead atoms. The van der Waals surface area contributed by atoms with Crippen LogP contribution in [0, 0.1) is 0 Å². The molecule has 3 aromatic heterocycles. The van der Waals surface area contributed by atoms with E-state index in [1.165, 1.54) is 5.56 Å². The monoisotopic (exact) mass is 493 g/mol. The molecule has 10 nitrogen and oxygen atoms in total. The average Bonchev–Trinajstić information content (AvgIpc) is 3.47. The van der Waals surface area contributed by atoms with Crippen molar-refractivity contribution in [2.45, 2.75) is 38.9 Å². The highest BCUT2D eigenvalue weighted by Gasteiger charge is 2.35. The molecule has 5 heterocycles. The molecule has 2 aliphatic rings. The maximum Gasteiger partial charge on any atom is 0.320 e. The van der Waals surface area contributed by atoms with E-state index in [1.54, 1.807) is 31.0 Å². The van der Waals surface area contributed by atoms with Crippen LogP contribution < -0.4 is 10.1 Å². The zero-order valence-corrected chi connectivity index (χ0v) is 20.7. The van der Waals surface area contributed by atoms with Gasteiger partial charge in [0, 0.05) is 22.9 Å². The van der Waals surface area contributed by atoms with E-state index < -0.39 is 0 Å². The molecule has 11 heteroatoms. The average molecular weight is 494 g/mol. The number of aromatic amines is 1. The molecular weight excluding hydrogens is 466 g/mol. The number of amides is 2. The van der Waals surface area contributed by atoms with E-state index in [-0.39, 0.29) is 18.1 Å². The largest absolute Gasteiger partial charge is 0.494 e. The molecule has 1 fully saturated rings. The smallest absolute Gasteiger partial charge is 0.320 e. The number of nitrogens with one attached hydrogen (secondary N) is 2. The van der Waals surface area contributed by atoms with E-state index in [1.807, 2.05) is 35.8 Å². The van der Waals surface area contributed by atoms with Crippen molar-refractivity contribution >= 4 is 50.0 Å². The van der Waals surface area contributed by atoms with Gasteiger partial charge in [0.2, 0.25) is 0 Å². The number of carbonyl (C=O) groups is 1. The lowest BCUT2D eigenvalue weighted by Gasteiger charge is -2.42. The van der Waals surface area contributed by atoms with Crippen LogP contribution in [0.25, 0.3) is 21.1 Å². The maximum atomic E-state index is 13.4. The van der Waals surface area contributed by atoms with E-state index >= 15 is 0 Å². The topological polar surface area (TPSA) is 108 Å². The number of hydrogen-bond acceptors (Lipinski definition) is 8. The number of rotatable bonds is 3. The molecule has 35 heavy (non-hydrogen) atoms. The molecule has 6 rings (SSSR count). The van der Waals surface area contributed by atoms with Gasteiger partial charge in [-0.25, -0.2) is 14.8 Å². The third kappa shape index (κ3) is 3.75. The highest BCUT2D eigenvalue weighted by Crippen LogP contribution is 2.40. The number of carbonyl (C=O) groups excluding carboxylic acids is 1. The molecule has 1 aromatic carbocycles. The molecule has 2 aliphatic heterocycles. The van der Waals surface area contributed by atoms with Gasteiger partial charge in [0.05, 0.1) is 61.7 Å². The number of thiophene rings is 1. The predicted octanol–water partition coefficient (Wildman–Crippen LogP) is 3.91. The van der Waals surface area contributed by atoms with Crippen LogP contribution in [0.4, 0.5) is 16.3 Å². The van der Waals surface area contributed by atoms with Crippen molar-refractivity contribution in [3.05, 3.63) is 35.1 Å². The van der Waals surface area contributed by atoms with Crippen LogP contribution in [0.5, 0.6) is 5.75 Å². The molecule has 0 unspecified atom stereocenters. The lowest BCUT2D eigenvalue weighted by Crippen LogP contribution is -2.57. The number of urea groups is 1. The first-order valence-electron chi connectivity index (χ1n) is 11.7. The molecular formula is C24H27N7O3S. The summed E-state index contributed by atoms with van der Waals surface area (Å²) >= 11 is 1.63. The number of morpholine rings is 1. The minimum Gasteiger partial charge on any atom is -0.494 e. The Labute approximate surface area is 206 Å². The first-order valence-corrected chi connectivity index (χ1v) is 12.5. The molecule has 0 radical (unpaired) electrons. The van der Waals surface area contributed by atoms with Crippen LogP contribution in [-0.4, -0.2) is 74.9 Å². The number of H-pyrrole nitrogens is 1. The summed E-state index contributed by atoms with van der Waals surface area (Å²) in [6.45, 7) is 6.49. The van der Waals surface area contributed by atoms with Gasteiger partial charge < -0.3 is 24.6 Å². The zero-order valence-electron chi connectivity index (χ0n) is 19.9. The van der Waals surface area contributed by atoms with E-state index in [0.29, 0.717) is 32.1 Å². The number of nitrogens with zero attached hydrogens (tertiary/aromatic N) is 5. The van der Waals surface area contributed by atoms with Crippen molar-refractivity contribution in [2.24, 2.45) is 0 Å². The van der Waals surface area contributed by atoms with Gasteiger partial charge in [-0.15, -0.1) is 11.3 Å². The highest BCUT2D eigenvalue weighted by molar-refractivity contribution is 7.19. The maximum absolute atomic E-state index is 13.4. The second-order valence-electron chi connectivity index (χ2n) is 9.14. The second kappa shape index (κ2) is 8.65. The fourth-order valence-corrected chi connectivity index (χ4v) is 6.30. The Hall–Kier alpha value is -3.44. The summed E-state index contributed by atoms with van der Waals surface area (Å²) in [7, 11) is 1.65. The summed E-state index contributed by atoms with van der Waals surface area (Å²) in [6, 6.07) is 4.14. The van der Waals surface area contributed by atoms with E-state index in [0.717, 1.165) is 43.9 Å². The zero-order chi connectivity index (χ0) is 24.1. The van der Waals surface area contributed by atoms with E-state index in [2.05, 4.69) is 25.5 Å². The third-order valence-electron chi connectivity index (χ3n) is 6.81. The number of benzene rings is 1. The van der Waals surface area contributed by atoms with Gasteiger partial charge in [0.1, 0.15) is 22.7 Å². The van der Waals surface area contributed by atoms with Crippen molar-refractivity contribution in [3.63, 3.8) is 0 Å². The molecule has 0 saturated carbocycles. The number of aromatic nitrogens is 4. The van der Waals surface area contributed by atoms with Crippen LogP contribution >= 0.6 is 11.3 Å². The van der Waals surface area contributed by atoms with Gasteiger partial charge in [0.15, 0.2) is 0 Å². The Morgan fingerprint density at radius 1 is 1.26 bits per heavy atom. The van der Waals surface area contributed by atoms with Crippen molar-refractivity contribution in [3.8, 4) is 5.75 Å². The quantitative estimate of drug-likeness (QED) is 0.445. The first-order chi connectivity index (χ1) is 17.0. The van der Waals surface area contributed by atoms with Gasteiger partial charge in [0.25, 0.3) is 0 Å². The Bertz CT molecular complexity index is 1410. The molecule has 2 amide bonds. The lowest BCUT2D eigenvalue weighted by molar-refractivity contribution is -0.0226. The van der Waals surface area contributed by atoms with Crippen molar-refractivity contribution in [1.82, 2.24) is 30.0 Å². The summed E-state index contributed by atoms with van der Waals surface area (Å²) in [5, 5.41) is 12.5. The van der Waals surface area contributed by atoms with Crippen molar-refractivity contribution in [1.29, 1.82) is 0 Å².